The summed E-state index contributed by atoms with van der Waals surface area (Å²) in [4.78, 5) is 19.1. The number of hydrogen-bond donors (Lipinski definition) is 3. The predicted octanol–water partition coefficient (Wildman–Crippen LogP) is 1.32. The monoisotopic (exact) mass is 519 g/mol. The van der Waals surface area contributed by atoms with Crippen LogP contribution in [0.25, 0.3) is 0 Å². The summed E-state index contributed by atoms with van der Waals surface area (Å²) in [5, 5.41) is 9.39. The number of carbonyl (C=O) groups excluding carboxylic acids is 1. The van der Waals surface area contributed by atoms with Crippen molar-refractivity contribution in [3.05, 3.63) is 29.8 Å². The number of nitrogens with zero attached hydrogens (tertiary/aromatic N) is 2. The number of aliphatic imine (C=N–C) groups is 1. The molecular weight excluding hydrogens is 485 g/mol. The van der Waals surface area contributed by atoms with E-state index in [-0.39, 0.29) is 29.9 Å². The molecule has 1 aromatic rings. The molecule has 1 aromatic carbocycles. The maximum absolute atomic E-state index is 12.1. The number of methoxy groups -OCH3 is 1. The molecule has 1 fully saturated rings. The lowest BCUT2D eigenvalue weighted by Gasteiger charge is -2.26. The molecule has 1 saturated heterocycles. The van der Waals surface area contributed by atoms with Crippen LogP contribution in [-0.4, -0.2) is 82.9 Å². The number of rotatable bonds is 10. The molecule has 1 aliphatic rings. The van der Waals surface area contributed by atoms with Crippen LogP contribution in [0.1, 0.15) is 23.7 Å². The number of nitrogens with one attached hydrogen (secondary N) is 3. The molecule has 2 rings (SSSR count). The molecule has 0 bridgehead atoms. The predicted molar refractivity (Wildman–Crippen MR) is 127 cm³/mol. The minimum absolute atomic E-state index is 0. The van der Waals surface area contributed by atoms with Gasteiger partial charge in [-0.05, 0) is 37.6 Å². The quantitative estimate of drug-likeness (QED) is 0.187. The fraction of sp³-hybridized carbons (Fsp3) is 0.600. The molecule has 1 amide bonds. The Balaban J connectivity index is 0.00000420. The number of carbonyl (C=O) groups is 1. The first kappa shape index (κ1) is 25.4. The second-order valence-corrected chi connectivity index (χ2v) is 6.48. The van der Waals surface area contributed by atoms with Crippen molar-refractivity contribution in [3.8, 4) is 5.75 Å². The first-order chi connectivity index (χ1) is 13.7. The molecule has 0 aliphatic carbocycles. The van der Waals surface area contributed by atoms with Gasteiger partial charge >= 0.3 is 0 Å². The summed E-state index contributed by atoms with van der Waals surface area (Å²) in [6.45, 7) is 9.45. The summed E-state index contributed by atoms with van der Waals surface area (Å²) in [6, 6.07) is 7.06. The molecule has 0 unspecified atom stereocenters. The summed E-state index contributed by atoms with van der Waals surface area (Å²) in [5.41, 5.74) is 0.615. The Kier molecular flexibility index (Phi) is 13.4. The van der Waals surface area contributed by atoms with Crippen LogP contribution in [0.4, 0.5) is 0 Å². The highest BCUT2D eigenvalue weighted by molar-refractivity contribution is 14.0. The minimum Gasteiger partial charge on any atom is -0.497 e. The zero-order valence-corrected chi connectivity index (χ0v) is 19.7. The summed E-state index contributed by atoms with van der Waals surface area (Å²) < 4.78 is 10.5. The Labute approximate surface area is 190 Å². The number of ether oxygens (including phenoxy) is 2. The lowest BCUT2D eigenvalue weighted by molar-refractivity contribution is 0.0377. The molecular formula is C20H34IN5O3. The highest BCUT2D eigenvalue weighted by atomic mass is 127. The minimum atomic E-state index is -0.100. The van der Waals surface area contributed by atoms with E-state index in [0.29, 0.717) is 18.7 Å². The molecule has 9 heteroatoms. The third-order valence-electron chi connectivity index (χ3n) is 4.41. The second kappa shape index (κ2) is 15.3. The molecule has 164 valence electrons. The van der Waals surface area contributed by atoms with Crippen LogP contribution in [0.15, 0.2) is 29.3 Å². The fourth-order valence-corrected chi connectivity index (χ4v) is 2.85. The Bertz CT molecular complexity index is 607. The molecule has 8 nitrogen and oxygen atoms in total. The SMILES string of the molecule is CCNC(=NCCCN1CCOCC1)NCCNC(=O)c1ccc(OC)cc1.I. The normalized spacial score (nSPS) is 14.6. The van der Waals surface area contributed by atoms with Crippen molar-refractivity contribution >= 4 is 35.8 Å². The summed E-state index contributed by atoms with van der Waals surface area (Å²) in [5.74, 6) is 1.42. The van der Waals surface area contributed by atoms with E-state index in [0.717, 1.165) is 64.1 Å². The van der Waals surface area contributed by atoms with Crippen molar-refractivity contribution in [2.75, 3.05) is 66.1 Å². The topological polar surface area (TPSA) is 87.2 Å². The van der Waals surface area contributed by atoms with E-state index in [2.05, 4.69) is 25.8 Å². The molecule has 0 saturated carbocycles. The van der Waals surface area contributed by atoms with Crippen molar-refractivity contribution < 1.29 is 14.3 Å². The van der Waals surface area contributed by atoms with Gasteiger partial charge in [-0.25, -0.2) is 0 Å². The fourth-order valence-electron chi connectivity index (χ4n) is 2.85. The maximum atomic E-state index is 12.1. The van der Waals surface area contributed by atoms with E-state index in [4.69, 9.17) is 9.47 Å². The van der Waals surface area contributed by atoms with Crippen molar-refractivity contribution in [3.63, 3.8) is 0 Å². The number of hydrogen-bond acceptors (Lipinski definition) is 5. The van der Waals surface area contributed by atoms with Crippen LogP contribution < -0.4 is 20.7 Å². The summed E-state index contributed by atoms with van der Waals surface area (Å²) in [7, 11) is 1.60. The molecule has 0 atom stereocenters. The molecule has 0 radical (unpaired) electrons. The van der Waals surface area contributed by atoms with Crippen LogP contribution >= 0.6 is 24.0 Å². The second-order valence-electron chi connectivity index (χ2n) is 6.48. The zero-order valence-electron chi connectivity index (χ0n) is 17.4. The number of benzene rings is 1. The Morgan fingerprint density at radius 2 is 1.83 bits per heavy atom. The molecule has 29 heavy (non-hydrogen) atoms. The van der Waals surface area contributed by atoms with Crippen LogP contribution in [0, 0.1) is 0 Å². The van der Waals surface area contributed by atoms with Gasteiger partial charge in [-0.2, -0.15) is 0 Å². The molecule has 1 aliphatic heterocycles. The Morgan fingerprint density at radius 1 is 1.14 bits per heavy atom. The molecule has 1 heterocycles. The average Bonchev–Trinajstić information content (AvgIpc) is 2.74. The van der Waals surface area contributed by atoms with Crippen LogP contribution in [-0.2, 0) is 4.74 Å². The lowest BCUT2D eigenvalue weighted by atomic mass is 10.2. The van der Waals surface area contributed by atoms with Crippen LogP contribution in [0.2, 0.25) is 0 Å². The van der Waals surface area contributed by atoms with E-state index in [1.165, 1.54) is 0 Å². The van der Waals surface area contributed by atoms with Gasteiger partial charge in [-0.3, -0.25) is 14.7 Å². The Morgan fingerprint density at radius 3 is 2.48 bits per heavy atom. The summed E-state index contributed by atoms with van der Waals surface area (Å²) in [6.07, 6.45) is 1.02. The van der Waals surface area contributed by atoms with Gasteiger partial charge in [0.25, 0.3) is 5.91 Å². The first-order valence-electron chi connectivity index (χ1n) is 9.97. The van der Waals surface area contributed by atoms with Crippen molar-refractivity contribution in [2.45, 2.75) is 13.3 Å². The molecule has 0 aromatic heterocycles. The van der Waals surface area contributed by atoms with Crippen LogP contribution in [0.5, 0.6) is 5.75 Å². The standard InChI is InChI=1S/C20H33N5O3.HI/c1-3-21-20(23-9-4-12-25-13-15-28-16-14-25)24-11-10-22-19(26)17-5-7-18(27-2)8-6-17;/h5-8H,3-4,9-16H2,1-2H3,(H,22,26)(H2,21,23,24);1H. The van der Waals surface area contributed by atoms with Gasteiger partial charge in [-0.1, -0.05) is 0 Å². The highest BCUT2D eigenvalue weighted by Crippen LogP contribution is 2.10. The summed E-state index contributed by atoms with van der Waals surface area (Å²) >= 11 is 0. The van der Waals surface area contributed by atoms with Crippen molar-refractivity contribution in [1.29, 1.82) is 0 Å². The van der Waals surface area contributed by atoms with E-state index >= 15 is 0 Å². The van der Waals surface area contributed by atoms with Gasteiger partial charge in [0, 0.05) is 51.4 Å². The third kappa shape index (κ3) is 10.1. The lowest BCUT2D eigenvalue weighted by Crippen LogP contribution is -2.41. The van der Waals surface area contributed by atoms with Gasteiger partial charge in [-0.15, -0.1) is 24.0 Å². The average molecular weight is 519 g/mol. The van der Waals surface area contributed by atoms with E-state index in [9.17, 15) is 4.79 Å². The number of guanidine groups is 1. The highest BCUT2D eigenvalue weighted by Gasteiger charge is 2.09. The Hall–Kier alpha value is -1.59. The van der Waals surface area contributed by atoms with Crippen LogP contribution in [0.3, 0.4) is 0 Å². The first-order valence-corrected chi connectivity index (χ1v) is 9.97. The van der Waals surface area contributed by atoms with E-state index in [1.807, 2.05) is 6.92 Å². The number of halogens is 1. The van der Waals surface area contributed by atoms with Gasteiger partial charge in [0.1, 0.15) is 5.75 Å². The largest absolute Gasteiger partial charge is 0.497 e. The van der Waals surface area contributed by atoms with Crippen molar-refractivity contribution in [2.24, 2.45) is 4.99 Å². The smallest absolute Gasteiger partial charge is 0.251 e. The maximum Gasteiger partial charge on any atom is 0.251 e. The van der Waals surface area contributed by atoms with E-state index in [1.54, 1.807) is 31.4 Å². The third-order valence-corrected chi connectivity index (χ3v) is 4.41. The zero-order chi connectivity index (χ0) is 20.0. The molecule has 3 N–H and O–H groups in total. The van der Waals surface area contributed by atoms with Gasteiger partial charge in [0.15, 0.2) is 5.96 Å². The van der Waals surface area contributed by atoms with Gasteiger partial charge < -0.3 is 25.4 Å². The van der Waals surface area contributed by atoms with E-state index < -0.39 is 0 Å². The van der Waals surface area contributed by atoms with Crippen molar-refractivity contribution in [1.82, 2.24) is 20.9 Å². The molecule has 0 spiro atoms. The number of morpholine rings is 1. The van der Waals surface area contributed by atoms with Gasteiger partial charge in [0.2, 0.25) is 0 Å². The number of amides is 1. The van der Waals surface area contributed by atoms with Gasteiger partial charge in [0.05, 0.1) is 20.3 Å².